The number of benzene rings is 2. The molecule has 1 fully saturated rings. The Hall–Kier alpha value is -4.26. The van der Waals surface area contributed by atoms with Gasteiger partial charge >= 0.3 is 12.2 Å². The van der Waals surface area contributed by atoms with Crippen molar-refractivity contribution in [2.75, 3.05) is 24.2 Å². The van der Waals surface area contributed by atoms with Gasteiger partial charge < -0.3 is 25.4 Å². The first-order chi connectivity index (χ1) is 20.3. The Morgan fingerprint density at radius 1 is 1.16 bits per heavy atom. The second kappa shape index (κ2) is 14.8. The number of carbonyl (C=O) groups is 4. The monoisotopic (exact) mass is 615 g/mol. The Labute approximate surface area is 254 Å². The van der Waals surface area contributed by atoms with Crippen molar-refractivity contribution in [1.82, 2.24) is 15.8 Å². The highest BCUT2D eigenvalue weighted by Crippen LogP contribution is 2.32. The van der Waals surface area contributed by atoms with Gasteiger partial charge in [-0.25, -0.2) is 14.0 Å². The summed E-state index contributed by atoms with van der Waals surface area (Å²) >= 11 is 1.54. The number of hydrogen-bond donors (Lipinski definition) is 4. The third-order valence-corrected chi connectivity index (χ3v) is 7.36. The van der Waals surface area contributed by atoms with Crippen molar-refractivity contribution in [3.63, 3.8) is 0 Å². The average Bonchev–Trinajstić information content (AvgIpc) is 3.13. The van der Waals surface area contributed by atoms with Crippen LogP contribution in [0.1, 0.15) is 56.0 Å². The first kappa shape index (κ1) is 33.2. The van der Waals surface area contributed by atoms with Crippen LogP contribution in [-0.4, -0.2) is 59.0 Å². The second-order valence-corrected chi connectivity index (χ2v) is 12.1. The summed E-state index contributed by atoms with van der Waals surface area (Å²) in [5.74, 6) is 0.0565. The van der Waals surface area contributed by atoms with Gasteiger partial charge in [-0.2, -0.15) is 0 Å². The number of hydrogen-bond acceptors (Lipinski definition) is 8. The van der Waals surface area contributed by atoms with Crippen LogP contribution in [0.3, 0.4) is 0 Å². The van der Waals surface area contributed by atoms with Crippen molar-refractivity contribution < 1.29 is 33.0 Å². The van der Waals surface area contributed by atoms with E-state index in [1.54, 1.807) is 39.0 Å². The molecule has 0 spiro atoms. The number of carbonyl (C=O) groups excluding carboxylic acids is 4. The molecule has 2 aliphatic heterocycles. The fourth-order valence-corrected chi connectivity index (χ4v) is 5.14. The van der Waals surface area contributed by atoms with Gasteiger partial charge in [0.05, 0.1) is 17.9 Å². The van der Waals surface area contributed by atoms with Crippen LogP contribution in [-0.2, 0) is 20.9 Å². The van der Waals surface area contributed by atoms with E-state index < -0.39 is 29.4 Å². The molecule has 1 atom stereocenters. The topological polar surface area (TPSA) is 152 Å². The first-order valence-corrected chi connectivity index (χ1v) is 14.7. The number of nitrogens with one attached hydrogen (secondary N) is 3. The summed E-state index contributed by atoms with van der Waals surface area (Å²) in [5, 5.41) is 2.79. The number of ether oxygens (including phenoxy) is 2. The number of nitrogens with zero attached hydrogens (tertiary/aromatic N) is 1. The van der Waals surface area contributed by atoms with Crippen molar-refractivity contribution in [2.24, 2.45) is 5.73 Å². The van der Waals surface area contributed by atoms with Crippen LogP contribution in [0.25, 0.3) is 0 Å². The predicted molar refractivity (Wildman–Crippen MR) is 162 cm³/mol. The molecule has 2 aromatic rings. The number of likely N-dealkylation sites (tertiary alicyclic amines) is 1. The quantitative estimate of drug-likeness (QED) is 0.335. The lowest BCUT2D eigenvalue weighted by Gasteiger charge is -2.38. The van der Waals surface area contributed by atoms with Gasteiger partial charge in [0.2, 0.25) is 5.91 Å². The van der Waals surface area contributed by atoms with Crippen LogP contribution in [0.5, 0.6) is 0 Å². The number of primary amides is 1. The molecule has 1 saturated heterocycles. The van der Waals surface area contributed by atoms with E-state index in [1.807, 2.05) is 30.3 Å². The number of fused-ring (bicyclic) bond motifs is 1. The minimum Gasteiger partial charge on any atom is -0.445 e. The lowest BCUT2D eigenvalue weighted by atomic mass is 9.92. The molecule has 43 heavy (non-hydrogen) atoms. The van der Waals surface area contributed by atoms with Gasteiger partial charge in [0.25, 0.3) is 5.91 Å². The van der Waals surface area contributed by atoms with Gasteiger partial charge in [-0.3, -0.25) is 20.4 Å². The highest BCUT2D eigenvalue weighted by atomic mass is 32.2. The van der Waals surface area contributed by atoms with Gasteiger partial charge in [0.15, 0.2) is 5.67 Å². The molecule has 11 nitrogen and oxygen atoms in total. The van der Waals surface area contributed by atoms with E-state index in [4.69, 9.17) is 10.5 Å². The van der Waals surface area contributed by atoms with Crippen LogP contribution in [0.4, 0.5) is 19.7 Å². The predicted octanol–water partition coefficient (Wildman–Crippen LogP) is 4.89. The molecular weight excluding hydrogens is 577 g/mol. The average molecular weight is 616 g/mol. The Kier molecular flexibility index (Phi) is 11.4. The Bertz CT molecular complexity index is 1340. The van der Waals surface area contributed by atoms with Crippen molar-refractivity contribution in [3.8, 4) is 0 Å². The van der Waals surface area contributed by atoms with Gasteiger partial charge in [-0.05, 0) is 57.4 Å². The molecular formula is C30H38FN5O6S. The van der Waals surface area contributed by atoms with Crippen molar-refractivity contribution >= 4 is 41.5 Å². The molecule has 0 aliphatic carbocycles. The number of halogens is 1. The van der Waals surface area contributed by atoms with Crippen LogP contribution < -0.4 is 21.9 Å². The molecule has 4 amide bonds. The minimum absolute atomic E-state index is 0.0509. The molecule has 2 heterocycles. The van der Waals surface area contributed by atoms with E-state index in [2.05, 4.69) is 27.5 Å². The minimum atomic E-state index is -1.93. The number of alkyl halides is 1. The normalized spacial score (nSPS) is 18.0. The molecule has 1 unspecified atom stereocenters. The van der Waals surface area contributed by atoms with Crippen molar-refractivity contribution in [1.29, 1.82) is 0 Å². The number of rotatable bonds is 6. The Balaban J connectivity index is 0.000000557. The largest absolute Gasteiger partial charge is 0.445 e. The smallest absolute Gasteiger partial charge is 0.410 e. The maximum absolute atomic E-state index is 15.7. The van der Waals surface area contributed by atoms with Crippen molar-refractivity contribution in [2.45, 2.75) is 62.8 Å². The number of anilines is 1. The molecule has 0 aromatic heterocycles. The molecule has 2 aromatic carbocycles. The van der Waals surface area contributed by atoms with Gasteiger partial charge in [-0.15, -0.1) is 11.8 Å². The zero-order valence-corrected chi connectivity index (χ0v) is 25.4. The highest BCUT2D eigenvalue weighted by molar-refractivity contribution is 7.99. The molecule has 5 N–H and O–H groups in total. The SMILES string of the molecule is C=C(NNC(=O)c1ccc2c(c1)NC(=O)CCS2)C1(F)CCCN(C(=O)OCc2ccccc2)C1.CC(C)(C)OC(N)=O. The summed E-state index contributed by atoms with van der Waals surface area (Å²) in [4.78, 5) is 49.1. The van der Waals surface area contributed by atoms with Gasteiger partial charge in [-0.1, -0.05) is 36.9 Å². The molecule has 2 aliphatic rings. The molecule has 4 rings (SSSR count). The maximum atomic E-state index is 15.7. The van der Waals surface area contributed by atoms with E-state index >= 15 is 4.39 Å². The van der Waals surface area contributed by atoms with Crippen LogP contribution in [0.2, 0.25) is 0 Å². The summed E-state index contributed by atoms with van der Waals surface area (Å²) in [6.45, 7) is 9.28. The lowest BCUT2D eigenvalue weighted by molar-refractivity contribution is -0.115. The van der Waals surface area contributed by atoms with Gasteiger partial charge in [0.1, 0.15) is 12.2 Å². The fourth-order valence-electron chi connectivity index (χ4n) is 4.20. The maximum Gasteiger partial charge on any atom is 0.410 e. The fraction of sp³-hybridized carbons (Fsp3) is 0.400. The third-order valence-electron chi connectivity index (χ3n) is 6.28. The van der Waals surface area contributed by atoms with E-state index in [9.17, 15) is 19.2 Å². The van der Waals surface area contributed by atoms with Crippen LogP contribution in [0.15, 0.2) is 65.7 Å². The second-order valence-electron chi connectivity index (χ2n) is 11.0. The molecule has 232 valence electrons. The van der Waals surface area contributed by atoms with E-state index in [0.29, 0.717) is 36.4 Å². The number of hydrazine groups is 1. The van der Waals surface area contributed by atoms with Crippen molar-refractivity contribution in [3.05, 3.63) is 71.9 Å². The standard InChI is InChI=1S/C25H27FN4O4S.C5H11NO2/c1-17(28-29-23(32)19-8-9-21-20(14-19)27-22(31)10-13-35-21)25(26)11-5-12-30(16-25)24(33)34-15-18-6-3-2-4-7-18;1-5(2,3)8-4(6)7/h2-4,6-9,14,28H,1,5,10-13,15-16H2,(H,27,31)(H,29,32);1-3H3,(H2,6,7). The summed E-state index contributed by atoms with van der Waals surface area (Å²) in [6, 6.07) is 14.2. The third kappa shape index (κ3) is 10.5. The Morgan fingerprint density at radius 3 is 2.53 bits per heavy atom. The molecule has 0 radical (unpaired) electrons. The zero-order valence-electron chi connectivity index (χ0n) is 24.5. The Morgan fingerprint density at radius 2 is 1.88 bits per heavy atom. The van der Waals surface area contributed by atoms with Gasteiger partial charge in [0, 0.05) is 29.2 Å². The number of amides is 4. The molecule has 0 bridgehead atoms. The lowest BCUT2D eigenvalue weighted by Crippen LogP contribution is -2.53. The molecule has 0 saturated carbocycles. The summed E-state index contributed by atoms with van der Waals surface area (Å²) in [6.07, 6.45) is -0.347. The molecule has 13 heteroatoms. The number of piperidine rings is 1. The summed E-state index contributed by atoms with van der Waals surface area (Å²) in [7, 11) is 0. The zero-order chi connectivity index (χ0) is 31.6. The van der Waals surface area contributed by atoms with E-state index in [0.717, 1.165) is 10.5 Å². The summed E-state index contributed by atoms with van der Waals surface area (Å²) in [5.41, 5.74) is 9.03. The van der Waals surface area contributed by atoms with E-state index in [1.165, 1.54) is 16.7 Å². The summed E-state index contributed by atoms with van der Waals surface area (Å²) < 4.78 is 25.6. The number of nitrogens with two attached hydrogens (primary N) is 1. The van der Waals surface area contributed by atoms with E-state index in [-0.39, 0.29) is 31.2 Å². The number of thioether (sulfide) groups is 1. The van der Waals surface area contributed by atoms with Crippen LogP contribution in [0, 0.1) is 0 Å². The first-order valence-electron chi connectivity index (χ1n) is 13.7. The van der Waals surface area contributed by atoms with Crippen LogP contribution >= 0.6 is 11.8 Å². The highest BCUT2D eigenvalue weighted by Gasteiger charge is 2.40.